The van der Waals surface area contributed by atoms with Gasteiger partial charge in [-0.25, -0.2) is 0 Å². The summed E-state index contributed by atoms with van der Waals surface area (Å²) < 4.78 is 8.06. The van der Waals surface area contributed by atoms with Gasteiger partial charge in [-0.15, -0.1) is 0 Å². The third-order valence-electron chi connectivity index (χ3n) is 4.16. The Balaban J connectivity index is 0.00000109. The molecule has 0 aliphatic carbocycles. The van der Waals surface area contributed by atoms with E-state index < -0.39 is 0 Å². The molecule has 3 aromatic carbocycles. The van der Waals surface area contributed by atoms with Crippen molar-refractivity contribution in [3.63, 3.8) is 0 Å². The van der Waals surface area contributed by atoms with E-state index in [4.69, 9.17) is 4.57 Å². The van der Waals surface area contributed by atoms with Crippen LogP contribution in [0.25, 0.3) is 11.1 Å². The van der Waals surface area contributed by atoms with E-state index in [1.165, 1.54) is 5.56 Å². The summed E-state index contributed by atoms with van der Waals surface area (Å²) in [5, 5.41) is 0. The molecule has 0 aliphatic rings. The second kappa shape index (κ2) is 8.50. The first-order chi connectivity index (χ1) is 12.1. The Bertz CT molecular complexity index is 863. The minimum Gasteiger partial charge on any atom is -0.289 e. The van der Waals surface area contributed by atoms with E-state index >= 15 is 0 Å². The molecule has 0 spiro atoms. The van der Waals surface area contributed by atoms with Crippen molar-refractivity contribution in [3.8, 4) is 11.1 Å². The van der Waals surface area contributed by atoms with Crippen LogP contribution in [-0.4, -0.2) is 5.78 Å². The van der Waals surface area contributed by atoms with E-state index in [1.807, 2.05) is 68.4 Å². The number of carbonyl (C=O) groups is 1. The van der Waals surface area contributed by atoms with Gasteiger partial charge < -0.3 is 0 Å². The topological polar surface area (TPSA) is 34.1 Å². The molecule has 0 aliphatic heterocycles. The molecule has 0 saturated heterocycles. The summed E-state index contributed by atoms with van der Waals surface area (Å²) in [7, 11) is 1.72. The van der Waals surface area contributed by atoms with Crippen molar-refractivity contribution in [3.05, 3.63) is 94.5 Å². The van der Waals surface area contributed by atoms with Crippen LogP contribution < -0.4 is 0 Å². The molecule has 126 valence electrons. The lowest BCUT2D eigenvalue weighted by molar-refractivity contribution is 0.103. The Morgan fingerprint density at radius 2 is 1.28 bits per heavy atom. The van der Waals surface area contributed by atoms with Gasteiger partial charge in [-0.2, -0.15) is 0 Å². The molecule has 0 unspecified atom stereocenters. The van der Waals surface area contributed by atoms with Crippen LogP contribution in [0.2, 0.25) is 0 Å². The van der Waals surface area contributed by atoms with E-state index in [2.05, 4.69) is 19.1 Å². The molecule has 3 rings (SSSR count). The van der Waals surface area contributed by atoms with Crippen LogP contribution >= 0.6 is 9.12 Å². The highest BCUT2D eigenvalue weighted by Crippen LogP contribution is 2.28. The quantitative estimate of drug-likeness (QED) is 0.431. The van der Waals surface area contributed by atoms with Gasteiger partial charge in [0, 0.05) is 11.1 Å². The van der Waals surface area contributed by atoms with Crippen molar-refractivity contribution < 1.29 is 9.36 Å². The number of rotatable bonds is 3. The number of hydrogen-bond donors (Lipinski definition) is 0. The smallest absolute Gasteiger partial charge is 0.194 e. The molecule has 0 heterocycles. The number of aryl methyl sites for hydroxylation is 3. The zero-order chi connectivity index (χ0) is 18.4. The van der Waals surface area contributed by atoms with Crippen LogP contribution in [-0.2, 0) is 4.57 Å². The monoisotopic (exact) mass is 348 g/mol. The summed E-state index contributed by atoms with van der Waals surface area (Å²) in [6, 6.07) is 22.1. The van der Waals surface area contributed by atoms with E-state index in [1.54, 1.807) is 9.12 Å². The lowest BCUT2D eigenvalue weighted by atomic mass is 9.89. The molecule has 0 amide bonds. The minimum atomic E-state index is 0.0967. The molecule has 0 radical (unpaired) electrons. The lowest BCUT2D eigenvalue weighted by Crippen LogP contribution is -2.08. The van der Waals surface area contributed by atoms with Gasteiger partial charge in [-0.1, -0.05) is 72.3 Å². The molecule has 2 nitrogen and oxygen atoms in total. The van der Waals surface area contributed by atoms with Gasteiger partial charge in [0.2, 0.25) is 0 Å². The predicted molar refractivity (Wildman–Crippen MR) is 105 cm³/mol. The van der Waals surface area contributed by atoms with Crippen molar-refractivity contribution in [2.45, 2.75) is 20.8 Å². The second-order valence-electron chi connectivity index (χ2n) is 6.01. The third-order valence-corrected chi connectivity index (χ3v) is 4.16. The average molecular weight is 348 g/mol. The molecule has 0 atom stereocenters. The van der Waals surface area contributed by atoms with Gasteiger partial charge >= 0.3 is 0 Å². The van der Waals surface area contributed by atoms with Crippen LogP contribution in [0.5, 0.6) is 0 Å². The molecule has 0 N–H and O–H groups in total. The third kappa shape index (κ3) is 4.10. The summed E-state index contributed by atoms with van der Waals surface area (Å²) in [4.78, 5) is 13.2. The summed E-state index contributed by atoms with van der Waals surface area (Å²) >= 11 is 0. The molecule has 3 heteroatoms. The largest absolute Gasteiger partial charge is 0.289 e. The average Bonchev–Trinajstić information content (AvgIpc) is 2.63. The van der Waals surface area contributed by atoms with Crippen molar-refractivity contribution >= 4 is 14.9 Å². The lowest BCUT2D eigenvalue weighted by Gasteiger charge is -2.13. The van der Waals surface area contributed by atoms with Gasteiger partial charge in [0.25, 0.3) is 0 Å². The maximum Gasteiger partial charge on any atom is 0.194 e. The number of hydrogen-bond acceptors (Lipinski definition) is 2. The van der Waals surface area contributed by atoms with Crippen LogP contribution in [0.1, 0.15) is 32.6 Å². The van der Waals surface area contributed by atoms with Gasteiger partial charge in [0.15, 0.2) is 5.78 Å². The first kappa shape index (κ1) is 18.8. The Morgan fingerprint density at radius 1 is 0.760 bits per heavy atom. The van der Waals surface area contributed by atoms with E-state index in [0.717, 1.165) is 33.4 Å². The Morgan fingerprint density at radius 3 is 1.88 bits per heavy atom. The molecule has 0 fully saturated rings. The summed E-state index contributed by atoms with van der Waals surface area (Å²) in [5.41, 5.74) is 6.89. The normalized spacial score (nSPS) is 9.88. The van der Waals surface area contributed by atoms with Gasteiger partial charge in [-0.05, 0) is 43.0 Å². The van der Waals surface area contributed by atoms with E-state index in [9.17, 15) is 4.79 Å². The maximum absolute atomic E-state index is 13.2. The maximum atomic E-state index is 13.2. The first-order valence-electron chi connectivity index (χ1n) is 8.05. The summed E-state index contributed by atoms with van der Waals surface area (Å²) in [5.74, 6) is 0.0967. The summed E-state index contributed by atoms with van der Waals surface area (Å²) in [6.07, 6.45) is 0. The molecule has 0 saturated carbocycles. The fourth-order valence-electron chi connectivity index (χ4n) is 3.22. The molecule has 3 aromatic rings. The molecule has 25 heavy (non-hydrogen) atoms. The molecule has 0 aromatic heterocycles. The highest BCUT2D eigenvalue weighted by Gasteiger charge is 2.18. The second-order valence-corrected chi connectivity index (χ2v) is 6.01. The molecular formula is C22H21O2P. The van der Waals surface area contributed by atoms with Crippen LogP contribution in [0, 0.1) is 20.8 Å². The van der Waals surface area contributed by atoms with Crippen molar-refractivity contribution in [2.24, 2.45) is 0 Å². The Hall–Kier alpha value is -2.57. The Kier molecular flexibility index (Phi) is 6.38. The van der Waals surface area contributed by atoms with Crippen molar-refractivity contribution in [1.29, 1.82) is 0 Å². The Labute approximate surface area is 151 Å². The highest BCUT2D eigenvalue weighted by atomic mass is 31.0. The predicted octanol–water partition coefficient (Wildman–Crippen LogP) is 5.98. The van der Waals surface area contributed by atoms with Crippen molar-refractivity contribution in [2.75, 3.05) is 0 Å². The van der Waals surface area contributed by atoms with Crippen molar-refractivity contribution in [1.82, 2.24) is 0 Å². The zero-order valence-electron chi connectivity index (χ0n) is 14.7. The van der Waals surface area contributed by atoms with Gasteiger partial charge in [0.05, 0.1) is 0 Å². The standard InChI is InChI=1S/C22H20O.HOP/c1-15-13-16(2)21(17(3)14-15)22(23)20-12-8-7-11-19(20)18-9-5-4-6-10-18;1-2/h4-14H,1-3H3;2H. The number of ketones is 1. The van der Waals surface area contributed by atoms with Crippen LogP contribution in [0.4, 0.5) is 0 Å². The van der Waals surface area contributed by atoms with Crippen LogP contribution in [0.15, 0.2) is 66.7 Å². The molecule has 0 bridgehead atoms. The van der Waals surface area contributed by atoms with Crippen LogP contribution in [0.3, 0.4) is 0 Å². The molecular weight excluding hydrogens is 327 g/mol. The zero-order valence-corrected chi connectivity index (χ0v) is 15.7. The fraction of sp³-hybridized carbons (Fsp3) is 0.136. The number of benzene rings is 3. The number of carbonyl (C=O) groups excluding carboxylic acids is 1. The van der Waals surface area contributed by atoms with Gasteiger partial charge in [-0.3, -0.25) is 9.36 Å². The minimum absolute atomic E-state index is 0.0967. The van der Waals surface area contributed by atoms with E-state index in [-0.39, 0.29) is 5.78 Å². The van der Waals surface area contributed by atoms with Gasteiger partial charge in [0.1, 0.15) is 9.12 Å². The first-order valence-corrected chi connectivity index (χ1v) is 8.46. The highest BCUT2D eigenvalue weighted by molar-refractivity contribution is 7.00. The fourth-order valence-corrected chi connectivity index (χ4v) is 3.22. The SMILES string of the molecule is Cc1cc(C)c(C(=O)c2ccccc2-c2ccccc2)c(C)c1.O=P. The van der Waals surface area contributed by atoms with E-state index in [0.29, 0.717) is 0 Å². The summed E-state index contributed by atoms with van der Waals surface area (Å²) in [6.45, 7) is 6.09.